The molecule has 50 heavy (non-hydrogen) atoms. The third-order valence-corrected chi connectivity index (χ3v) is 10.1. The number of amides is 4. The molecule has 3 N–H and O–H groups in total. The van der Waals surface area contributed by atoms with E-state index >= 15 is 0 Å². The normalized spacial score (nSPS) is 21.7. The SMILES string of the molecule is C[C@@H]1CN([C@H](C)CO)C(=O)c2cc(NC(=O)Nc3cccc4ccccc34)ccc2O[C@@H](C)CCCCO[C@@H]1CN(C)C(=O)C1CCCCC1. The van der Waals surface area contributed by atoms with Gasteiger partial charge in [-0.25, -0.2) is 4.79 Å². The van der Waals surface area contributed by atoms with E-state index in [1.807, 2.05) is 75.2 Å². The molecule has 1 aliphatic carbocycles. The van der Waals surface area contributed by atoms with Crippen LogP contribution in [0.3, 0.4) is 0 Å². The van der Waals surface area contributed by atoms with E-state index in [9.17, 15) is 19.5 Å². The molecule has 1 heterocycles. The number of ether oxygens (including phenoxy) is 2. The van der Waals surface area contributed by atoms with Crippen LogP contribution in [0.4, 0.5) is 16.2 Å². The maximum absolute atomic E-state index is 14.5. The van der Waals surface area contributed by atoms with Gasteiger partial charge in [-0.3, -0.25) is 9.59 Å². The number of urea groups is 1. The molecule has 0 spiro atoms. The maximum atomic E-state index is 14.5. The first-order chi connectivity index (χ1) is 24.1. The zero-order valence-corrected chi connectivity index (χ0v) is 30.0. The number of carbonyl (C=O) groups excluding carboxylic acids is 3. The summed E-state index contributed by atoms with van der Waals surface area (Å²) < 4.78 is 12.8. The Morgan fingerprint density at radius 3 is 2.48 bits per heavy atom. The van der Waals surface area contributed by atoms with Crippen LogP contribution in [0.1, 0.15) is 82.5 Å². The smallest absolute Gasteiger partial charge is 0.323 e. The highest BCUT2D eigenvalue weighted by Crippen LogP contribution is 2.30. The lowest BCUT2D eigenvalue weighted by molar-refractivity contribution is -0.137. The minimum Gasteiger partial charge on any atom is -0.490 e. The summed E-state index contributed by atoms with van der Waals surface area (Å²) in [6, 6.07) is 17.7. The predicted octanol–water partition coefficient (Wildman–Crippen LogP) is 7.32. The number of aliphatic hydroxyl groups is 1. The molecule has 4 amide bonds. The molecule has 4 atom stereocenters. The van der Waals surface area contributed by atoms with E-state index in [0.29, 0.717) is 42.4 Å². The third-order valence-electron chi connectivity index (χ3n) is 10.1. The number of anilines is 2. The van der Waals surface area contributed by atoms with E-state index in [1.165, 1.54) is 6.42 Å². The van der Waals surface area contributed by atoms with Gasteiger partial charge in [0.05, 0.1) is 36.1 Å². The Hall–Kier alpha value is -4.15. The van der Waals surface area contributed by atoms with E-state index in [2.05, 4.69) is 10.6 Å². The summed E-state index contributed by atoms with van der Waals surface area (Å²) in [5.41, 5.74) is 1.40. The number of aliphatic hydroxyl groups excluding tert-OH is 1. The summed E-state index contributed by atoms with van der Waals surface area (Å²) in [5.74, 6) is 0.189. The van der Waals surface area contributed by atoms with Crippen LogP contribution in [-0.2, 0) is 9.53 Å². The Bertz CT molecular complexity index is 1600. The van der Waals surface area contributed by atoms with Crippen LogP contribution in [0, 0.1) is 11.8 Å². The Kier molecular flexibility index (Phi) is 13.1. The van der Waals surface area contributed by atoms with Gasteiger partial charge < -0.3 is 35.0 Å². The number of hydrogen-bond acceptors (Lipinski definition) is 6. The summed E-state index contributed by atoms with van der Waals surface area (Å²) in [6.45, 7) is 6.87. The molecule has 3 aromatic carbocycles. The van der Waals surface area contributed by atoms with E-state index in [-0.39, 0.29) is 42.5 Å². The van der Waals surface area contributed by atoms with Crippen molar-refractivity contribution in [3.05, 3.63) is 66.2 Å². The van der Waals surface area contributed by atoms with E-state index in [1.54, 1.807) is 23.1 Å². The Morgan fingerprint density at radius 1 is 0.960 bits per heavy atom. The van der Waals surface area contributed by atoms with Crippen molar-refractivity contribution in [2.45, 2.75) is 90.4 Å². The van der Waals surface area contributed by atoms with Crippen LogP contribution in [0.25, 0.3) is 10.8 Å². The molecule has 1 saturated carbocycles. The van der Waals surface area contributed by atoms with Gasteiger partial charge in [-0.1, -0.05) is 62.6 Å². The van der Waals surface area contributed by atoms with E-state index < -0.39 is 12.1 Å². The molecule has 0 saturated heterocycles. The summed E-state index contributed by atoms with van der Waals surface area (Å²) in [4.78, 5) is 44.5. The van der Waals surface area contributed by atoms with Gasteiger partial charge in [-0.15, -0.1) is 0 Å². The Morgan fingerprint density at radius 2 is 1.70 bits per heavy atom. The molecule has 3 aromatic rings. The number of carbonyl (C=O) groups is 3. The third kappa shape index (κ3) is 9.54. The van der Waals surface area contributed by atoms with Crippen molar-refractivity contribution >= 4 is 40.0 Å². The van der Waals surface area contributed by atoms with Crippen LogP contribution in [-0.4, -0.2) is 84.4 Å². The minimum absolute atomic E-state index is 0.0602. The molecule has 1 fully saturated rings. The van der Waals surface area contributed by atoms with Gasteiger partial charge in [0.1, 0.15) is 5.75 Å². The van der Waals surface area contributed by atoms with E-state index in [4.69, 9.17) is 9.47 Å². The standard InChI is InChI=1S/C40H54N4O6/c1-27-24-44(28(2)26-45)39(47)34-23-32(41-40(48)42-35-19-12-17-30-14-8-9-18-33(30)35)20-21-36(34)50-29(3)13-10-11-22-49-37(27)25-43(4)38(46)31-15-6-5-7-16-31/h8-9,12,14,17-21,23,27-29,31,37,45H,5-7,10-11,13,15-16,22,24-26H2,1-4H3,(H2,41,42,48)/t27-,28-,29+,37-/m1/s1. The average molecular weight is 687 g/mol. The molecule has 2 aliphatic rings. The van der Waals surface area contributed by atoms with Gasteiger partial charge in [0.25, 0.3) is 5.91 Å². The molecule has 0 bridgehead atoms. The van der Waals surface area contributed by atoms with Gasteiger partial charge in [-0.2, -0.15) is 0 Å². The largest absolute Gasteiger partial charge is 0.490 e. The van der Waals surface area contributed by atoms with Crippen molar-refractivity contribution in [3.8, 4) is 5.75 Å². The molecular formula is C40H54N4O6. The minimum atomic E-state index is -0.503. The molecule has 10 nitrogen and oxygen atoms in total. The highest BCUT2D eigenvalue weighted by atomic mass is 16.5. The first kappa shape index (κ1) is 37.1. The zero-order valence-electron chi connectivity index (χ0n) is 30.0. The van der Waals surface area contributed by atoms with Gasteiger partial charge in [0, 0.05) is 49.7 Å². The van der Waals surface area contributed by atoms with Crippen LogP contribution in [0.15, 0.2) is 60.7 Å². The van der Waals surface area contributed by atoms with Crippen molar-refractivity contribution in [1.29, 1.82) is 0 Å². The zero-order chi connectivity index (χ0) is 35.6. The van der Waals surface area contributed by atoms with Crippen LogP contribution in [0.2, 0.25) is 0 Å². The lowest BCUT2D eigenvalue weighted by atomic mass is 9.88. The monoisotopic (exact) mass is 686 g/mol. The van der Waals surface area contributed by atoms with E-state index in [0.717, 1.165) is 55.7 Å². The van der Waals surface area contributed by atoms with Crippen molar-refractivity contribution in [3.63, 3.8) is 0 Å². The molecule has 0 radical (unpaired) electrons. The van der Waals surface area contributed by atoms with Crippen molar-refractivity contribution < 1.29 is 29.0 Å². The lowest BCUT2D eigenvalue weighted by Gasteiger charge is -2.36. The number of rotatable bonds is 7. The van der Waals surface area contributed by atoms with Gasteiger partial charge in [-0.05, 0) is 75.6 Å². The maximum Gasteiger partial charge on any atom is 0.323 e. The van der Waals surface area contributed by atoms with Gasteiger partial charge in [0.2, 0.25) is 5.91 Å². The summed E-state index contributed by atoms with van der Waals surface area (Å²) in [5, 5.41) is 18.1. The highest BCUT2D eigenvalue weighted by molar-refractivity contribution is 6.07. The fourth-order valence-corrected chi connectivity index (χ4v) is 7.10. The number of fused-ring (bicyclic) bond motifs is 2. The second-order valence-electron chi connectivity index (χ2n) is 14.2. The van der Waals surface area contributed by atoms with Crippen LogP contribution in [0.5, 0.6) is 5.75 Å². The quantitative estimate of drug-likeness (QED) is 0.240. The Balaban J connectivity index is 1.38. The first-order valence-electron chi connectivity index (χ1n) is 18.3. The summed E-state index contributed by atoms with van der Waals surface area (Å²) >= 11 is 0. The molecule has 270 valence electrons. The molecule has 0 unspecified atom stereocenters. The van der Waals surface area contributed by atoms with Gasteiger partial charge in [0.15, 0.2) is 0 Å². The second-order valence-corrected chi connectivity index (χ2v) is 14.2. The van der Waals surface area contributed by atoms with Crippen molar-refractivity contribution in [1.82, 2.24) is 9.80 Å². The molecule has 1 aliphatic heterocycles. The number of nitrogens with zero attached hydrogens (tertiary/aromatic N) is 2. The predicted molar refractivity (Wildman–Crippen MR) is 198 cm³/mol. The second kappa shape index (κ2) is 17.7. The number of hydrogen-bond donors (Lipinski definition) is 3. The van der Waals surface area contributed by atoms with Crippen molar-refractivity contribution in [2.75, 3.05) is 44.0 Å². The number of likely N-dealkylation sites (N-methyl/N-ethyl adjacent to an activating group) is 1. The highest BCUT2D eigenvalue weighted by Gasteiger charge is 2.32. The molecule has 10 heteroatoms. The summed E-state index contributed by atoms with van der Waals surface area (Å²) in [7, 11) is 1.86. The summed E-state index contributed by atoms with van der Waals surface area (Å²) in [6.07, 6.45) is 7.25. The fourth-order valence-electron chi connectivity index (χ4n) is 7.10. The number of benzene rings is 3. The molecule has 5 rings (SSSR count). The Labute approximate surface area is 296 Å². The van der Waals surface area contributed by atoms with Gasteiger partial charge >= 0.3 is 6.03 Å². The number of nitrogens with one attached hydrogen (secondary N) is 2. The van der Waals surface area contributed by atoms with Crippen molar-refractivity contribution in [2.24, 2.45) is 11.8 Å². The molecular weight excluding hydrogens is 632 g/mol. The van der Waals surface area contributed by atoms with Crippen LogP contribution < -0.4 is 15.4 Å². The fraction of sp³-hybridized carbons (Fsp3) is 0.525. The molecule has 0 aromatic heterocycles. The first-order valence-corrected chi connectivity index (χ1v) is 18.3. The lowest BCUT2D eigenvalue weighted by Crippen LogP contribution is -2.48. The topological polar surface area (TPSA) is 120 Å². The average Bonchev–Trinajstić information content (AvgIpc) is 3.12. The van der Waals surface area contributed by atoms with Crippen LogP contribution >= 0.6 is 0 Å².